The van der Waals surface area contributed by atoms with E-state index in [1.807, 2.05) is 0 Å². The van der Waals surface area contributed by atoms with Crippen LogP contribution in [-0.2, 0) is 0 Å². The fraction of sp³-hybridized carbons (Fsp3) is 0.714. The molecule has 2 atom stereocenters. The van der Waals surface area contributed by atoms with Crippen LogP contribution in [0.1, 0.15) is 45.4 Å². The molecule has 1 aliphatic carbocycles. The van der Waals surface area contributed by atoms with Gasteiger partial charge in [0.15, 0.2) is 0 Å². The van der Waals surface area contributed by atoms with Crippen LogP contribution in [0.4, 0.5) is 11.6 Å². The highest BCUT2D eigenvalue weighted by molar-refractivity contribution is 9.10. The Kier molecular flexibility index (Phi) is 6.04. The van der Waals surface area contributed by atoms with Crippen LogP contribution in [0.25, 0.3) is 0 Å². The Morgan fingerprint density at radius 2 is 2.00 bits per heavy atom. The van der Waals surface area contributed by atoms with Crippen LogP contribution in [0.5, 0.6) is 0 Å². The average molecular weight is 343 g/mol. The molecule has 0 saturated heterocycles. The van der Waals surface area contributed by atoms with Crippen molar-refractivity contribution < 1.29 is 5.11 Å². The molecule has 20 heavy (non-hydrogen) atoms. The minimum atomic E-state index is -0.300. The van der Waals surface area contributed by atoms with Gasteiger partial charge in [-0.15, -0.1) is 0 Å². The van der Waals surface area contributed by atoms with Gasteiger partial charge in [0.25, 0.3) is 0 Å². The maximum absolute atomic E-state index is 10.2. The van der Waals surface area contributed by atoms with Crippen LogP contribution < -0.4 is 10.6 Å². The summed E-state index contributed by atoms with van der Waals surface area (Å²) >= 11 is 3.55. The largest absolute Gasteiger partial charge is 0.391 e. The second-order valence-corrected chi connectivity index (χ2v) is 6.06. The third-order valence-electron chi connectivity index (χ3n) is 3.63. The Morgan fingerprint density at radius 3 is 2.80 bits per heavy atom. The first-order valence-corrected chi connectivity index (χ1v) is 8.20. The summed E-state index contributed by atoms with van der Waals surface area (Å²) in [6, 6.07) is 0.0720. The molecule has 1 aromatic heterocycles. The van der Waals surface area contributed by atoms with Gasteiger partial charge in [-0.2, -0.15) is 0 Å². The van der Waals surface area contributed by atoms with E-state index in [0.717, 1.165) is 54.8 Å². The van der Waals surface area contributed by atoms with Crippen molar-refractivity contribution in [3.05, 3.63) is 10.8 Å². The van der Waals surface area contributed by atoms with Gasteiger partial charge >= 0.3 is 0 Å². The maximum Gasteiger partial charge on any atom is 0.146 e. The number of nitrogens with one attached hydrogen (secondary N) is 2. The minimum absolute atomic E-state index is 0.0720. The fourth-order valence-electron chi connectivity index (χ4n) is 2.47. The summed E-state index contributed by atoms with van der Waals surface area (Å²) in [5, 5.41) is 16.8. The molecule has 0 amide bonds. The first-order valence-electron chi connectivity index (χ1n) is 7.41. The van der Waals surface area contributed by atoms with Crippen molar-refractivity contribution in [2.24, 2.45) is 0 Å². The molecule has 0 bridgehead atoms. The quantitative estimate of drug-likeness (QED) is 0.717. The van der Waals surface area contributed by atoms with Gasteiger partial charge in [0.05, 0.1) is 12.1 Å². The second kappa shape index (κ2) is 7.78. The van der Waals surface area contributed by atoms with E-state index < -0.39 is 0 Å². The van der Waals surface area contributed by atoms with Crippen LogP contribution >= 0.6 is 15.9 Å². The van der Waals surface area contributed by atoms with Crippen molar-refractivity contribution in [1.29, 1.82) is 0 Å². The monoisotopic (exact) mass is 342 g/mol. The highest BCUT2D eigenvalue weighted by Gasteiger charge is 2.23. The molecule has 0 spiro atoms. The van der Waals surface area contributed by atoms with Crippen molar-refractivity contribution in [3.63, 3.8) is 0 Å². The zero-order valence-electron chi connectivity index (χ0n) is 11.9. The lowest BCUT2D eigenvalue weighted by atomic mass is 10.1. The van der Waals surface area contributed by atoms with Crippen LogP contribution in [0.15, 0.2) is 10.8 Å². The van der Waals surface area contributed by atoms with Gasteiger partial charge in [-0.05, 0) is 35.2 Å². The second-order valence-electron chi connectivity index (χ2n) is 5.27. The SMILES string of the molecule is CCCNc1ncnc(NC2CCCCCC2O)c1Br. The van der Waals surface area contributed by atoms with E-state index in [-0.39, 0.29) is 12.1 Å². The molecule has 0 radical (unpaired) electrons. The smallest absolute Gasteiger partial charge is 0.146 e. The topological polar surface area (TPSA) is 70.1 Å². The molecule has 0 aliphatic heterocycles. The number of hydrogen-bond donors (Lipinski definition) is 3. The molecule has 0 aromatic carbocycles. The van der Waals surface area contributed by atoms with Crippen LogP contribution in [0.3, 0.4) is 0 Å². The van der Waals surface area contributed by atoms with E-state index in [0.29, 0.717) is 0 Å². The van der Waals surface area contributed by atoms with Crippen molar-refractivity contribution in [1.82, 2.24) is 9.97 Å². The Hall–Kier alpha value is -0.880. The normalized spacial score (nSPS) is 23.1. The van der Waals surface area contributed by atoms with E-state index in [1.165, 1.54) is 6.42 Å². The molecule has 1 saturated carbocycles. The van der Waals surface area contributed by atoms with Gasteiger partial charge < -0.3 is 15.7 Å². The molecule has 2 rings (SSSR count). The van der Waals surface area contributed by atoms with Crippen LogP contribution in [0, 0.1) is 0 Å². The molecule has 6 heteroatoms. The number of aliphatic hydroxyl groups excluding tert-OH is 1. The Morgan fingerprint density at radius 1 is 1.25 bits per heavy atom. The van der Waals surface area contributed by atoms with E-state index in [1.54, 1.807) is 6.33 Å². The van der Waals surface area contributed by atoms with Crippen molar-refractivity contribution >= 4 is 27.6 Å². The lowest BCUT2D eigenvalue weighted by Crippen LogP contribution is -2.33. The molecule has 1 heterocycles. The molecule has 3 N–H and O–H groups in total. The lowest BCUT2D eigenvalue weighted by Gasteiger charge is -2.23. The third-order valence-corrected chi connectivity index (χ3v) is 4.38. The molecular weight excluding hydrogens is 320 g/mol. The number of aliphatic hydroxyl groups is 1. The Balaban J connectivity index is 2.07. The van der Waals surface area contributed by atoms with E-state index in [4.69, 9.17) is 0 Å². The highest BCUT2D eigenvalue weighted by Crippen LogP contribution is 2.29. The lowest BCUT2D eigenvalue weighted by molar-refractivity contribution is 0.144. The standard InChI is InChI=1S/C14H23BrN4O/c1-2-8-16-13-12(15)14(18-9-17-13)19-10-6-4-3-5-7-11(10)20/h9-11,20H,2-8H2,1H3,(H2,16,17,18,19). The molecule has 1 aliphatic rings. The molecule has 112 valence electrons. The summed E-state index contributed by atoms with van der Waals surface area (Å²) < 4.78 is 0.838. The molecule has 5 nitrogen and oxygen atoms in total. The summed E-state index contributed by atoms with van der Waals surface area (Å²) in [5.41, 5.74) is 0. The molecular formula is C14H23BrN4O. The fourth-order valence-corrected chi connectivity index (χ4v) is 2.93. The number of rotatable bonds is 5. The molecule has 1 fully saturated rings. The zero-order valence-corrected chi connectivity index (χ0v) is 13.5. The van der Waals surface area contributed by atoms with Crippen molar-refractivity contribution in [2.75, 3.05) is 17.2 Å². The van der Waals surface area contributed by atoms with E-state index in [2.05, 4.69) is 43.5 Å². The summed E-state index contributed by atoms with van der Waals surface area (Å²) in [5.74, 6) is 1.55. The predicted molar refractivity (Wildman–Crippen MR) is 85.0 cm³/mol. The summed E-state index contributed by atoms with van der Waals surface area (Å²) in [7, 11) is 0. The van der Waals surface area contributed by atoms with Gasteiger partial charge in [0, 0.05) is 6.54 Å². The summed E-state index contributed by atoms with van der Waals surface area (Å²) in [6.45, 7) is 2.99. The van der Waals surface area contributed by atoms with Gasteiger partial charge in [0.2, 0.25) is 0 Å². The molecule has 1 aromatic rings. The molecule has 2 unspecified atom stereocenters. The Labute approximate surface area is 128 Å². The summed E-state index contributed by atoms with van der Waals surface area (Å²) in [4.78, 5) is 8.52. The minimum Gasteiger partial charge on any atom is -0.391 e. The zero-order chi connectivity index (χ0) is 14.4. The predicted octanol–water partition coefficient (Wildman–Crippen LogP) is 3.17. The highest BCUT2D eigenvalue weighted by atomic mass is 79.9. The van der Waals surface area contributed by atoms with E-state index in [9.17, 15) is 5.11 Å². The van der Waals surface area contributed by atoms with Gasteiger partial charge in [0.1, 0.15) is 22.4 Å². The first kappa shape index (κ1) is 15.5. The number of aromatic nitrogens is 2. The first-order chi connectivity index (χ1) is 9.72. The maximum atomic E-state index is 10.2. The van der Waals surface area contributed by atoms with Crippen molar-refractivity contribution in [2.45, 2.75) is 57.6 Å². The number of nitrogens with zero attached hydrogens (tertiary/aromatic N) is 2. The van der Waals surface area contributed by atoms with Gasteiger partial charge in [-0.3, -0.25) is 0 Å². The van der Waals surface area contributed by atoms with Crippen molar-refractivity contribution in [3.8, 4) is 0 Å². The number of halogens is 1. The van der Waals surface area contributed by atoms with Gasteiger partial charge in [-0.25, -0.2) is 9.97 Å². The number of hydrogen-bond acceptors (Lipinski definition) is 5. The number of anilines is 2. The Bertz CT molecular complexity index is 430. The van der Waals surface area contributed by atoms with Crippen LogP contribution in [0.2, 0.25) is 0 Å². The van der Waals surface area contributed by atoms with E-state index >= 15 is 0 Å². The van der Waals surface area contributed by atoms with Gasteiger partial charge in [-0.1, -0.05) is 26.2 Å². The van der Waals surface area contributed by atoms with Crippen LogP contribution in [-0.4, -0.2) is 33.8 Å². The third kappa shape index (κ3) is 4.06. The average Bonchev–Trinajstić information content (AvgIpc) is 2.65. The summed E-state index contributed by atoms with van der Waals surface area (Å²) in [6.07, 6.45) is 7.59.